The third-order valence-corrected chi connectivity index (χ3v) is 7.83. The molecule has 4 aliphatic rings. The van der Waals surface area contributed by atoms with Crippen molar-refractivity contribution in [2.24, 2.45) is 28.6 Å². The molecule has 4 fully saturated rings. The third kappa shape index (κ3) is 2.56. The van der Waals surface area contributed by atoms with E-state index in [0.717, 1.165) is 32.1 Å². The van der Waals surface area contributed by atoms with Crippen molar-refractivity contribution in [3.05, 3.63) is 12.2 Å². The molecule has 0 amide bonds. The highest BCUT2D eigenvalue weighted by atomic mass is 16.4. The summed E-state index contributed by atoms with van der Waals surface area (Å²) in [5.74, 6) is 0.632. The molecule has 3 nitrogen and oxygen atoms in total. The molecule has 0 aromatic carbocycles. The summed E-state index contributed by atoms with van der Waals surface area (Å²) < 4.78 is 0. The summed E-state index contributed by atoms with van der Waals surface area (Å²) >= 11 is 0. The number of allylic oxidation sites excluding steroid dienone is 1. The monoisotopic (exact) mass is 320 g/mol. The molecule has 0 aliphatic heterocycles. The molecule has 0 radical (unpaired) electrons. The van der Waals surface area contributed by atoms with Gasteiger partial charge in [0.25, 0.3) is 0 Å². The van der Waals surface area contributed by atoms with Crippen LogP contribution >= 0.6 is 0 Å². The van der Waals surface area contributed by atoms with Gasteiger partial charge in [-0.25, -0.2) is 0 Å². The van der Waals surface area contributed by atoms with Gasteiger partial charge in [-0.15, -0.1) is 0 Å². The average molecular weight is 320 g/mol. The molecular weight excluding hydrogens is 288 g/mol. The molecular formula is C20H32O3. The lowest BCUT2D eigenvalue weighted by atomic mass is 9.38. The predicted octanol–water partition coefficient (Wildman–Crippen LogP) is 4.40. The number of hydrogen-bond acceptors (Lipinski definition) is 2. The van der Waals surface area contributed by atoms with E-state index in [1.54, 1.807) is 0 Å². The van der Waals surface area contributed by atoms with Crippen LogP contribution in [-0.4, -0.2) is 21.8 Å². The van der Waals surface area contributed by atoms with Gasteiger partial charge in [-0.05, 0) is 87.4 Å². The number of aliphatic carboxylic acids is 1. The summed E-state index contributed by atoms with van der Waals surface area (Å²) in [7, 11) is 0. The standard InChI is InChI=1S/C20H32O3/c1-13(2)15-6-10-20-9-5-14(19(4,23)12-20)11-16(20)18(15,3)8-7-17(21)22/h14-16,23H,1,5-12H2,2-4H3,(H,21,22)/t14-,15-,16+,18-,19-,20-/m1/s1. The topological polar surface area (TPSA) is 57.5 Å². The minimum absolute atomic E-state index is 0.0116. The van der Waals surface area contributed by atoms with E-state index in [4.69, 9.17) is 0 Å². The second kappa shape index (κ2) is 5.34. The summed E-state index contributed by atoms with van der Waals surface area (Å²) in [5, 5.41) is 20.1. The molecule has 6 atom stereocenters. The van der Waals surface area contributed by atoms with Crippen LogP contribution in [0.2, 0.25) is 0 Å². The largest absolute Gasteiger partial charge is 0.481 e. The van der Waals surface area contributed by atoms with Gasteiger partial charge in [0.05, 0.1) is 5.60 Å². The number of carbonyl (C=O) groups is 1. The molecule has 0 heterocycles. The van der Waals surface area contributed by atoms with Crippen LogP contribution in [0.3, 0.4) is 0 Å². The molecule has 23 heavy (non-hydrogen) atoms. The van der Waals surface area contributed by atoms with E-state index in [-0.39, 0.29) is 17.3 Å². The number of rotatable bonds is 4. The van der Waals surface area contributed by atoms with Crippen LogP contribution in [0.25, 0.3) is 0 Å². The Bertz CT molecular complexity index is 523. The van der Waals surface area contributed by atoms with Gasteiger partial charge in [-0.1, -0.05) is 19.1 Å². The smallest absolute Gasteiger partial charge is 0.303 e. The average Bonchev–Trinajstić information content (AvgIpc) is 2.43. The fourth-order valence-corrected chi connectivity index (χ4v) is 6.82. The van der Waals surface area contributed by atoms with Gasteiger partial charge in [-0.3, -0.25) is 4.79 Å². The first-order chi connectivity index (χ1) is 10.6. The van der Waals surface area contributed by atoms with Crippen molar-refractivity contribution in [1.29, 1.82) is 0 Å². The summed E-state index contributed by atoms with van der Waals surface area (Å²) in [4.78, 5) is 11.2. The van der Waals surface area contributed by atoms with Crippen LogP contribution in [0.1, 0.15) is 72.1 Å². The van der Waals surface area contributed by atoms with E-state index in [1.165, 1.54) is 18.4 Å². The Morgan fingerprint density at radius 3 is 2.48 bits per heavy atom. The predicted molar refractivity (Wildman–Crippen MR) is 91.0 cm³/mol. The van der Waals surface area contributed by atoms with Crippen molar-refractivity contribution in [3.63, 3.8) is 0 Å². The van der Waals surface area contributed by atoms with Crippen LogP contribution in [0.4, 0.5) is 0 Å². The van der Waals surface area contributed by atoms with Crippen molar-refractivity contribution in [3.8, 4) is 0 Å². The van der Waals surface area contributed by atoms with Gasteiger partial charge in [0.2, 0.25) is 0 Å². The van der Waals surface area contributed by atoms with E-state index < -0.39 is 11.6 Å². The summed E-state index contributed by atoms with van der Waals surface area (Å²) in [5.41, 5.74) is 0.911. The van der Waals surface area contributed by atoms with Crippen molar-refractivity contribution >= 4 is 5.97 Å². The second-order valence-electron chi connectivity index (χ2n) is 9.26. The van der Waals surface area contributed by atoms with Crippen molar-refractivity contribution in [1.82, 2.24) is 0 Å². The number of aliphatic hydroxyl groups is 1. The lowest BCUT2D eigenvalue weighted by Gasteiger charge is -2.67. The first-order valence-electron chi connectivity index (χ1n) is 9.20. The fourth-order valence-electron chi connectivity index (χ4n) is 6.82. The molecule has 1 spiro atoms. The van der Waals surface area contributed by atoms with Gasteiger partial charge >= 0.3 is 5.97 Å². The molecule has 3 heteroatoms. The Balaban J connectivity index is 1.96. The number of carboxylic acid groups (broad SMARTS) is 1. The van der Waals surface area contributed by atoms with Crippen molar-refractivity contribution in [2.75, 3.05) is 0 Å². The zero-order chi connectivity index (χ0) is 17.0. The van der Waals surface area contributed by atoms with Crippen molar-refractivity contribution in [2.45, 2.75) is 77.7 Å². The fraction of sp³-hybridized carbons (Fsp3) is 0.850. The quantitative estimate of drug-likeness (QED) is 0.755. The molecule has 0 saturated heterocycles. The molecule has 4 aliphatic carbocycles. The Labute approximate surface area is 140 Å². The highest BCUT2D eigenvalue weighted by molar-refractivity contribution is 5.66. The van der Waals surface area contributed by atoms with Crippen LogP contribution in [0, 0.1) is 28.6 Å². The van der Waals surface area contributed by atoms with Crippen molar-refractivity contribution < 1.29 is 15.0 Å². The zero-order valence-electron chi connectivity index (χ0n) is 14.9. The summed E-state index contributed by atoms with van der Waals surface area (Å²) in [6.07, 6.45) is 7.56. The molecule has 0 aromatic rings. The Morgan fingerprint density at radius 2 is 1.91 bits per heavy atom. The van der Waals surface area contributed by atoms with E-state index >= 15 is 0 Å². The first-order valence-corrected chi connectivity index (χ1v) is 9.20. The Kier molecular flexibility index (Phi) is 3.95. The first kappa shape index (κ1) is 17.0. The van der Waals surface area contributed by atoms with Gasteiger partial charge in [0, 0.05) is 6.42 Å². The third-order valence-electron chi connectivity index (χ3n) is 7.83. The molecule has 0 aromatic heterocycles. The summed E-state index contributed by atoms with van der Waals surface area (Å²) in [6, 6.07) is 0. The number of fused-ring (bicyclic) bond motifs is 2. The van der Waals surface area contributed by atoms with E-state index in [1.807, 2.05) is 6.92 Å². The van der Waals surface area contributed by atoms with Crippen LogP contribution in [0.5, 0.6) is 0 Å². The van der Waals surface area contributed by atoms with E-state index in [9.17, 15) is 15.0 Å². The van der Waals surface area contributed by atoms with Gasteiger partial charge in [-0.2, -0.15) is 0 Å². The molecule has 2 bridgehead atoms. The molecule has 0 unspecified atom stereocenters. The number of hydrogen-bond donors (Lipinski definition) is 2. The highest BCUT2D eigenvalue weighted by Crippen LogP contribution is 2.69. The molecule has 2 N–H and O–H groups in total. The molecule has 130 valence electrons. The summed E-state index contributed by atoms with van der Waals surface area (Å²) in [6.45, 7) is 10.7. The lowest BCUT2D eigenvalue weighted by molar-refractivity contribution is -0.208. The van der Waals surface area contributed by atoms with Gasteiger partial charge in [0.15, 0.2) is 0 Å². The van der Waals surface area contributed by atoms with Crippen LogP contribution < -0.4 is 0 Å². The lowest BCUT2D eigenvalue weighted by Crippen LogP contribution is -2.62. The molecule has 4 saturated carbocycles. The van der Waals surface area contributed by atoms with E-state index in [0.29, 0.717) is 17.8 Å². The Morgan fingerprint density at radius 1 is 1.26 bits per heavy atom. The minimum atomic E-state index is -0.695. The van der Waals surface area contributed by atoms with Gasteiger partial charge < -0.3 is 10.2 Å². The van der Waals surface area contributed by atoms with Crippen LogP contribution in [-0.2, 0) is 4.79 Å². The Hall–Kier alpha value is -0.830. The normalized spacial score (nSPS) is 48.8. The second-order valence-corrected chi connectivity index (χ2v) is 9.26. The van der Waals surface area contributed by atoms with Gasteiger partial charge in [0.1, 0.15) is 0 Å². The number of carboxylic acids is 1. The zero-order valence-corrected chi connectivity index (χ0v) is 14.9. The highest BCUT2D eigenvalue weighted by Gasteiger charge is 2.63. The maximum atomic E-state index is 11.2. The molecule has 4 rings (SSSR count). The maximum Gasteiger partial charge on any atom is 0.303 e. The minimum Gasteiger partial charge on any atom is -0.481 e. The maximum absolute atomic E-state index is 11.2. The van der Waals surface area contributed by atoms with Crippen LogP contribution in [0.15, 0.2) is 12.2 Å². The SMILES string of the molecule is C=C(C)[C@H]1CC[C@@]23CC[C@H](C[C@H]2[C@]1(C)CCC(=O)O)[C@](C)(O)C3. The van der Waals surface area contributed by atoms with E-state index in [2.05, 4.69) is 20.4 Å².